The Morgan fingerprint density at radius 3 is 3.06 bits per heavy atom. The maximum atomic E-state index is 6.09. The average Bonchev–Trinajstić information content (AvgIpc) is 2.90. The van der Waals surface area contributed by atoms with Crippen LogP contribution in [0.1, 0.15) is 12.0 Å². The molecule has 98 valence electrons. The van der Waals surface area contributed by atoms with Gasteiger partial charge in [-0.25, -0.2) is 0 Å². The summed E-state index contributed by atoms with van der Waals surface area (Å²) in [5.41, 5.74) is 6.52. The van der Waals surface area contributed by atoms with E-state index in [0.717, 1.165) is 29.2 Å². The molecule has 2 N–H and O–H groups in total. The van der Waals surface area contributed by atoms with Crippen LogP contribution in [0, 0.1) is 0 Å². The molecule has 0 radical (unpaired) electrons. The molecule has 0 spiro atoms. The number of nitrogens with two attached hydrogens (primary N) is 1. The first-order chi connectivity index (χ1) is 8.85. The fourth-order valence-electron chi connectivity index (χ4n) is 1.92. The van der Waals surface area contributed by atoms with Gasteiger partial charge < -0.3 is 15.2 Å². The van der Waals surface area contributed by atoms with Crippen molar-refractivity contribution in [1.82, 2.24) is 0 Å². The molecule has 1 atom stereocenters. The molecule has 0 aromatic heterocycles. The molecule has 1 unspecified atom stereocenters. The largest absolute Gasteiger partial charge is 0.493 e. The van der Waals surface area contributed by atoms with Crippen LogP contribution < -0.4 is 15.2 Å². The van der Waals surface area contributed by atoms with E-state index >= 15 is 0 Å². The smallest absolute Gasteiger partial charge is 0.168 e. The summed E-state index contributed by atoms with van der Waals surface area (Å²) in [6, 6.07) is 5.91. The van der Waals surface area contributed by atoms with Crippen LogP contribution in [0.5, 0.6) is 11.5 Å². The SMILES string of the molecule is COc1cccc(/C=C/CN)c1OC1CCSC1. The molecule has 1 aliphatic rings. The lowest BCUT2D eigenvalue weighted by molar-refractivity contribution is 0.218. The van der Waals surface area contributed by atoms with Gasteiger partial charge in [0.05, 0.1) is 7.11 Å². The molecular formula is C14H19NO2S. The lowest BCUT2D eigenvalue weighted by atomic mass is 10.1. The van der Waals surface area contributed by atoms with Crippen LogP contribution in [0.4, 0.5) is 0 Å². The molecule has 0 saturated carbocycles. The second-order valence-electron chi connectivity index (χ2n) is 4.12. The van der Waals surface area contributed by atoms with Crippen LogP contribution in [0.2, 0.25) is 0 Å². The minimum absolute atomic E-state index is 0.288. The first kappa shape index (κ1) is 13.3. The molecule has 0 amide bonds. The van der Waals surface area contributed by atoms with E-state index < -0.39 is 0 Å². The highest BCUT2D eigenvalue weighted by atomic mass is 32.2. The number of ether oxygens (including phenoxy) is 2. The molecule has 0 aliphatic carbocycles. The minimum Gasteiger partial charge on any atom is -0.493 e. The third-order valence-electron chi connectivity index (χ3n) is 2.84. The normalized spacial score (nSPS) is 19.3. The number of hydrogen-bond donors (Lipinski definition) is 1. The van der Waals surface area contributed by atoms with Crippen LogP contribution in [-0.4, -0.2) is 31.3 Å². The van der Waals surface area contributed by atoms with Crippen molar-refractivity contribution in [2.24, 2.45) is 5.73 Å². The van der Waals surface area contributed by atoms with Crippen molar-refractivity contribution in [2.75, 3.05) is 25.2 Å². The minimum atomic E-state index is 0.288. The van der Waals surface area contributed by atoms with Gasteiger partial charge in [-0.2, -0.15) is 11.8 Å². The zero-order valence-electron chi connectivity index (χ0n) is 10.6. The van der Waals surface area contributed by atoms with Crippen LogP contribution in [0.25, 0.3) is 6.08 Å². The molecule has 2 rings (SSSR count). The summed E-state index contributed by atoms with van der Waals surface area (Å²) in [5.74, 6) is 3.84. The Morgan fingerprint density at radius 2 is 2.39 bits per heavy atom. The van der Waals surface area contributed by atoms with Crippen molar-refractivity contribution in [3.05, 3.63) is 29.8 Å². The first-order valence-electron chi connectivity index (χ1n) is 6.13. The Bertz CT molecular complexity index is 414. The molecule has 1 aliphatic heterocycles. The lowest BCUT2D eigenvalue weighted by Gasteiger charge is -2.17. The fraction of sp³-hybridized carbons (Fsp3) is 0.429. The van der Waals surface area contributed by atoms with Gasteiger partial charge in [-0.05, 0) is 18.2 Å². The molecule has 3 nitrogen and oxygen atoms in total. The Balaban J connectivity index is 2.24. The van der Waals surface area contributed by atoms with Crippen LogP contribution in [0.3, 0.4) is 0 Å². The van der Waals surface area contributed by atoms with Gasteiger partial charge in [-0.1, -0.05) is 24.3 Å². The van der Waals surface area contributed by atoms with Gasteiger partial charge in [-0.15, -0.1) is 0 Å². The average molecular weight is 265 g/mol. The topological polar surface area (TPSA) is 44.5 Å². The van der Waals surface area contributed by atoms with E-state index in [-0.39, 0.29) is 6.10 Å². The summed E-state index contributed by atoms with van der Waals surface area (Å²) in [4.78, 5) is 0. The summed E-state index contributed by atoms with van der Waals surface area (Å²) in [6.45, 7) is 0.524. The summed E-state index contributed by atoms with van der Waals surface area (Å²) in [6.07, 6.45) is 5.30. The van der Waals surface area contributed by atoms with E-state index in [0.29, 0.717) is 6.54 Å². The highest BCUT2D eigenvalue weighted by molar-refractivity contribution is 7.99. The predicted molar refractivity (Wildman–Crippen MR) is 77.4 cm³/mol. The zero-order chi connectivity index (χ0) is 12.8. The van der Waals surface area contributed by atoms with E-state index in [4.69, 9.17) is 15.2 Å². The molecule has 1 aromatic carbocycles. The molecule has 18 heavy (non-hydrogen) atoms. The Hall–Kier alpha value is -1.13. The molecule has 1 aromatic rings. The number of methoxy groups -OCH3 is 1. The maximum absolute atomic E-state index is 6.09. The summed E-state index contributed by atoms with van der Waals surface area (Å²) in [7, 11) is 1.67. The van der Waals surface area contributed by atoms with Crippen molar-refractivity contribution < 1.29 is 9.47 Å². The Morgan fingerprint density at radius 1 is 1.50 bits per heavy atom. The van der Waals surface area contributed by atoms with Gasteiger partial charge >= 0.3 is 0 Å². The number of benzene rings is 1. The maximum Gasteiger partial charge on any atom is 0.168 e. The summed E-state index contributed by atoms with van der Waals surface area (Å²) in [5, 5.41) is 0. The number of rotatable bonds is 5. The second-order valence-corrected chi connectivity index (χ2v) is 5.27. The van der Waals surface area contributed by atoms with Gasteiger partial charge in [-0.3, -0.25) is 0 Å². The molecule has 1 saturated heterocycles. The van der Waals surface area contributed by atoms with E-state index in [1.807, 2.05) is 42.1 Å². The molecule has 1 fully saturated rings. The monoisotopic (exact) mass is 265 g/mol. The van der Waals surface area contributed by atoms with Crippen LogP contribution in [0.15, 0.2) is 24.3 Å². The standard InChI is InChI=1S/C14H19NO2S/c1-16-13-6-2-4-11(5-3-8-15)14(13)17-12-7-9-18-10-12/h2-6,12H,7-10,15H2,1H3/b5-3+. The molecule has 0 bridgehead atoms. The third kappa shape index (κ3) is 3.21. The van der Waals surface area contributed by atoms with E-state index in [1.54, 1.807) is 7.11 Å². The van der Waals surface area contributed by atoms with Crippen molar-refractivity contribution in [1.29, 1.82) is 0 Å². The highest BCUT2D eigenvalue weighted by Crippen LogP contribution is 2.34. The zero-order valence-corrected chi connectivity index (χ0v) is 11.4. The summed E-state index contributed by atoms with van der Waals surface area (Å²) >= 11 is 1.93. The van der Waals surface area contributed by atoms with Gasteiger partial charge in [0.15, 0.2) is 11.5 Å². The van der Waals surface area contributed by atoms with Crippen LogP contribution in [-0.2, 0) is 0 Å². The number of thioether (sulfide) groups is 1. The van der Waals surface area contributed by atoms with Gasteiger partial charge in [0, 0.05) is 17.9 Å². The van der Waals surface area contributed by atoms with Crippen molar-refractivity contribution in [2.45, 2.75) is 12.5 Å². The summed E-state index contributed by atoms with van der Waals surface area (Å²) < 4.78 is 11.5. The van der Waals surface area contributed by atoms with Crippen molar-refractivity contribution in [3.8, 4) is 11.5 Å². The van der Waals surface area contributed by atoms with E-state index in [1.165, 1.54) is 5.75 Å². The number of para-hydroxylation sites is 1. The van der Waals surface area contributed by atoms with E-state index in [2.05, 4.69) is 0 Å². The Labute approximate surface area is 112 Å². The second kappa shape index (κ2) is 6.71. The van der Waals surface area contributed by atoms with E-state index in [9.17, 15) is 0 Å². The number of hydrogen-bond acceptors (Lipinski definition) is 4. The lowest BCUT2D eigenvalue weighted by Crippen LogP contribution is -2.16. The first-order valence-corrected chi connectivity index (χ1v) is 7.28. The van der Waals surface area contributed by atoms with Crippen molar-refractivity contribution >= 4 is 17.8 Å². The molecule has 1 heterocycles. The highest BCUT2D eigenvalue weighted by Gasteiger charge is 2.20. The van der Waals surface area contributed by atoms with Crippen LogP contribution >= 0.6 is 11.8 Å². The Kier molecular flexibility index (Phi) is 4.96. The van der Waals surface area contributed by atoms with Crippen molar-refractivity contribution in [3.63, 3.8) is 0 Å². The molecular weight excluding hydrogens is 246 g/mol. The van der Waals surface area contributed by atoms with Gasteiger partial charge in [0.25, 0.3) is 0 Å². The quantitative estimate of drug-likeness (QED) is 0.888. The van der Waals surface area contributed by atoms with Gasteiger partial charge in [0.1, 0.15) is 6.10 Å². The fourth-order valence-corrected chi connectivity index (χ4v) is 3.01. The molecule has 4 heteroatoms. The predicted octanol–water partition coefficient (Wildman–Crippen LogP) is 2.55. The van der Waals surface area contributed by atoms with Gasteiger partial charge in [0.2, 0.25) is 0 Å². The third-order valence-corrected chi connectivity index (χ3v) is 3.97.